The lowest BCUT2D eigenvalue weighted by Crippen LogP contribution is -2.41. The Labute approximate surface area is 105 Å². The van der Waals surface area contributed by atoms with Crippen molar-refractivity contribution in [1.82, 2.24) is 14.2 Å². The van der Waals surface area contributed by atoms with Crippen molar-refractivity contribution in [3.05, 3.63) is 17.3 Å². The maximum absolute atomic E-state index is 11.1. The lowest BCUT2D eigenvalue weighted by Gasteiger charge is -2.30. The van der Waals surface area contributed by atoms with Gasteiger partial charge in [-0.1, -0.05) is 0 Å². The highest BCUT2D eigenvalue weighted by Gasteiger charge is 2.17. The van der Waals surface area contributed by atoms with Crippen LogP contribution in [0.4, 0.5) is 0 Å². The minimum absolute atomic E-state index is 0.396. The van der Waals surface area contributed by atoms with Crippen LogP contribution in [-0.2, 0) is 0 Å². The molecule has 6 heteroatoms. The van der Waals surface area contributed by atoms with Gasteiger partial charge >= 0.3 is 0 Å². The molecule has 3 N–H and O–H groups in total. The Bertz CT molecular complexity index is 410. The van der Waals surface area contributed by atoms with Gasteiger partial charge in [0.15, 0.2) is 0 Å². The molecular formula is C11H18N4OS. The molecule has 1 aliphatic rings. The third-order valence-corrected chi connectivity index (χ3v) is 3.97. The van der Waals surface area contributed by atoms with E-state index in [0.29, 0.717) is 5.69 Å². The Morgan fingerprint density at radius 3 is 2.59 bits per heavy atom. The number of hydrogen-bond donors (Lipinski definition) is 2. The van der Waals surface area contributed by atoms with Crippen molar-refractivity contribution < 1.29 is 4.79 Å². The van der Waals surface area contributed by atoms with Crippen molar-refractivity contribution >= 4 is 17.9 Å². The van der Waals surface area contributed by atoms with Gasteiger partial charge in [0.25, 0.3) is 5.91 Å². The van der Waals surface area contributed by atoms with E-state index < -0.39 is 5.91 Å². The van der Waals surface area contributed by atoms with Gasteiger partial charge in [-0.2, -0.15) is 0 Å². The molecule has 0 aliphatic carbocycles. The van der Waals surface area contributed by atoms with Crippen LogP contribution in [0.1, 0.15) is 16.1 Å². The molecule has 2 heterocycles. The lowest BCUT2D eigenvalue weighted by molar-refractivity contribution is 0.0995. The number of nitrogens with zero attached hydrogens (tertiary/aromatic N) is 2. The summed E-state index contributed by atoms with van der Waals surface area (Å²) in [6.07, 6.45) is 0. The zero-order valence-corrected chi connectivity index (χ0v) is 11.0. The second kappa shape index (κ2) is 5.12. The fraction of sp³-hybridized carbons (Fsp3) is 0.545. The van der Waals surface area contributed by atoms with Gasteiger partial charge in [0.2, 0.25) is 0 Å². The van der Waals surface area contributed by atoms with E-state index in [4.69, 9.17) is 5.73 Å². The van der Waals surface area contributed by atoms with Crippen molar-refractivity contribution in [3.63, 3.8) is 0 Å². The monoisotopic (exact) mass is 254 g/mol. The molecule has 17 heavy (non-hydrogen) atoms. The molecule has 0 radical (unpaired) electrons. The van der Waals surface area contributed by atoms with Crippen LogP contribution < -0.4 is 5.73 Å². The molecule has 1 fully saturated rings. The van der Waals surface area contributed by atoms with E-state index in [9.17, 15) is 4.79 Å². The lowest BCUT2D eigenvalue weighted by atomic mass is 10.3. The average molecular weight is 254 g/mol. The van der Waals surface area contributed by atoms with Crippen molar-refractivity contribution in [1.29, 1.82) is 0 Å². The Balaban J connectivity index is 1.99. The van der Waals surface area contributed by atoms with E-state index in [2.05, 4.69) is 21.2 Å². The van der Waals surface area contributed by atoms with Crippen molar-refractivity contribution in [2.45, 2.75) is 11.9 Å². The summed E-state index contributed by atoms with van der Waals surface area (Å²) in [5.74, 6) is -0.396. The summed E-state index contributed by atoms with van der Waals surface area (Å²) in [6.45, 7) is 6.12. The van der Waals surface area contributed by atoms with Gasteiger partial charge in [-0.25, -0.2) is 4.31 Å². The summed E-state index contributed by atoms with van der Waals surface area (Å²) in [7, 11) is 2.13. The van der Waals surface area contributed by atoms with E-state index in [0.717, 1.165) is 36.8 Å². The van der Waals surface area contributed by atoms with Crippen LogP contribution in [0.3, 0.4) is 0 Å². The molecular weight excluding hydrogens is 236 g/mol. The van der Waals surface area contributed by atoms with Gasteiger partial charge in [0.05, 0.1) is 5.03 Å². The summed E-state index contributed by atoms with van der Waals surface area (Å²) in [5, 5.41) is 0.987. The minimum atomic E-state index is -0.396. The normalized spacial score (nSPS) is 18.5. The van der Waals surface area contributed by atoms with Crippen molar-refractivity contribution in [2.24, 2.45) is 5.73 Å². The largest absolute Gasteiger partial charge is 0.364 e. The minimum Gasteiger partial charge on any atom is -0.364 e. The molecule has 0 saturated carbocycles. The molecule has 0 atom stereocenters. The number of H-pyrrole nitrogens is 1. The zero-order chi connectivity index (χ0) is 12.4. The summed E-state index contributed by atoms with van der Waals surface area (Å²) in [5.41, 5.74) is 6.71. The summed E-state index contributed by atoms with van der Waals surface area (Å²) in [4.78, 5) is 16.5. The quantitative estimate of drug-likeness (QED) is 0.778. The van der Waals surface area contributed by atoms with Gasteiger partial charge in [0, 0.05) is 26.2 Å². The number of rotatable bonds is 3. The van der Waals surface area contributed by atoms with Crippen LogP contribution in [0.5, 0.6) is 0 Å². The van der Waals surface area contributed by atoms with Crippen LogP contribution in [0.2, 0.25) is 0 Å². The van der Waals surface area contributed by atoms with Gasteiger partial charge in [-0.3, -0.25) is 4.79 Å². The number of piperazine rings is 1. The van der Waals surface area contributed by atoms with Crippen LogP contribution in [0.25, 0.3) is 0 Å². The van der Waals surface area contributed by atoms with E-state index in [1.165, 1.54) is 0 Å². The highest BCUT2D eigenvalue weighted by atomic mass is 32.2. The first kappa shape index (κ1) is 12.5. The second-order valence-electron chi connectivity index (χ2n) is 4.38. The van der Waals surface area contributed by atoms with Crippen molar-refractivity contribution in [3.8, 4) is 0 Å². The molecule has 1 amide bonds. The zero-order valence-electron chi connectivity index (χ0n) is 10.2. The van der Waals surface area contributed by atoms with Crippen molar-refractivity contribution in [2.75, 3.05) is 33.2 Å². The van der Waals surface area contributed by atoms with E-state index in [1.54, 1.807) is 11.9 Å². The number of aromatic nitrogens is 1. The predicted octanol–water partition coefficient (Wildman–Crippen LogP) is 0.677. The highest BCUT2D eigenvalue weighted by Crippen LogP contribution is 2.24. The fourth-order valence-corrected chi connectivity index (χ4v) is 2.85. The molecule has 94 valence electrons. The molecule has 1 aromatic heterocycles. The molecule has 0 spiro atoms. The second-order valence-corrected chi connectivity index (χ2v) is 5.52. The number of aryl methyl sites for hydroxylation is 1. The SMILES string of the molecule is Cc1cc(SN2CCN(C)CC2)[nH]c1C(N)=O. The third kappa shape index (κ3) is 3.02. The molecule has 0 aromatic carbocycles. The Morgan fingerprint density at radius 1 is 1.41 bits per heavy atom. The number of nitrogens with two attached hydrogens (primary N) is 1. The Hall–Kier alpha value is -0.980. The van der Waals surface area contributed by atoms with E-state index in [1.807, 2.05) is 13.0 Å². The number of primary amides is 1. The first-order valence-corrected chi connectivity index (χ1v) is 6.44. The molecule has 1 aliphatic heterocycles. The van der Waals surface area contributed by atoms with Gasteiger partial charge in [-0.05, 0) is 37.5 Å². The summed E-state index contributed by atoms with van der Waals surface area (Å²) >= 11 is 1.66. The predicted molar refractivity (Wildman–Crippen MR) is 69.0 cm³/mol. The number of amides is 1. The van der Waals surface area contributed by atoms with Gasteiger partial charge < -0.3 is 15.6 Å². The molecule has 2 rings (SSSR count). The highest BCUT2D eigenvalue weighted by molar-refractivity contribution is 7.97. The number of hydrogen-bond acceptors (Lipinski definition) is 4. The number of nitrogens with one attached hydrogen (secondary N) is 1. The summed E-state index contributed by atoms with van der Waals surface area (Å²) < 4.78 is 2.30. The number of likely N-dealkylation sites (N-methyl/N-ethyl adjacent to an activating group) is 1. The molecule has 1 saturated heterocycles. The molecule has 0 unspecified atom stereocenters. The Morgan fingerprint density at radius 2 is 2.06 bits per heavy atom. The van der Waals surface area contributed by atoms with Crippen LogP contribution >= 0.6 is 11.9 Å². The smallest absolute Gasteiger partial charge is 0.265 e. The summed E-state index contributed by atoms with van der Waals surface area (Å²) in [6, 6.07) is 1.98. The van der Waals surface area contributed by atoms with Crippen LogP contribution in [0.15, 0.2) is 11.1 Å². The number of carbonyl (C=O) groups is 1. The van der Waals surface area contributed by atoms with Gasteiger partial charge in [0.1, 0.15) is 5.69 Å². The van der Waals surface area contributed by atoms with Crippen LogP contribution in [-0.4, -0.2) is 53.3 Å². The Kier molecular flexibility index (Phi) is 3.76. The maximum atomic E-state index is 11.1. The van der Waals surface area contributed by atoms with Crippen LogP contribution in [0, 0.1) is 6.92 Å². The number of carbonyl (C=O) groups excluding carboxylic acids is 1. The topological polar surface area (TPSA) is 65.4 Å². The van der Waals surface area contributed by atoms with E-state index in [-0.39, 0.29) is 0 Å². The third-order valence-electron chi connectivity index (χ3n) is 2.93. The first-order valence-electron chi connectivity index (χ1n) is 5.67. The van der Waals surface area contributed by atoms with E-state index >= 15 is 0 Å². The first-order chi connectivity index (χ1) is 8.06. The van der Waals surface area contributed by atoms with Gasteiger partial charge in [-0.15, -0.1) is 0 Å². The molecule has 5 nitrogen and oxygen atoms in total. The fourth-order valence-electron chi connectivity index (χ4n) is 1.85. The average Bonchev–Trinajstić information content (AvgIpc) is 2.63. The maximum Gasteiger partial charge on any atom is 0.265 e. The molecule has 0 bridgehead atoms. The standard InChI is InChI=1S/C11H18N4OS/c1-8-7-9(13-10(8)11(12)16)17-15-5-3-14(2)4-6-15/h7,13H,3-6H2,1-2H3,(H2,12,16). The number of aromatic amines is 1. The molecule has 1 aromatic rings.